The first kappa shape index (κ1) is 25.3. The predicted molar refractivity (Wildman–Crippen MR) is 110 cm³/mol. The van der Waals surface area contributed by atoms with Crippen LogP contribution in [0, 0.1) is 5.82 Å². The van der Waals surface area contributed by atoms with E-state index >= 15 is 0 Å². The van der Waals surface area contributed by atoms with Crippen molar-refractivity contribution in [2.75, 3.05) is 17.7 Å². The lowest BCUT2D eigenvalue weighted by molar-refractivity contribution is -0.274. The van der Waals surface area contributed by atoms with Gasteiger partial charge >= 0.3 is 12.5 Å². The number of hydrogen-bond donors (Lipinski definition) is 0. The fraction of sp³-hybridized carbons (Fsp3) is 0.190. The highest BCUT2D eigenvalue weighted by Crippen LogP contribution is 2.32. The zero-order chi connectivity index (χ0) is 25.1. The number of aromatic nitrogens is 2. The Morgan fingerprint density at radius 3 is 2.15 bits per heavy atom. The first-order valence-corrected chi connectivity index (χ1v) is 10.3. The van der Waals surface area contributed by atoms with Crippen LogP contribution in [0.5, 0.6) is 5.75 Å². The Bertz CT molecular complexity index is 1150. The average Bonchev–Trinajstić information content (AvgIpc) is 2.76. The first-order valence-electron chi connectivity index (χ1n) is 9.29. The average molecular weight is 505 g/mol. The Kier molecular flexibility index (Phi) is 7.34. The topological polar surface area (TPSA) is 55.3 Å². The van der Waals surface area contributed by atoms with Crippen LogP contribution in [0.15, 0.2) is 59.8 Å². The zero-order valence-electron chi connectivity index (χ0n) is 17.1. The van der Waals surface area contributed by atoms with Gasteiger partial charge in [-0.05, 0) is 54.6 Å². The molecule has 0 radical (unpaired) electrons. The number of thioether (sulfide) groups is 1. The molecule has 5 nitrogen and oxygen atoms in total. The fourth-order valence-corrected chi connectivity index (χ4v) is 3.41. The van der Waals surface area contributed by atoms with E-state index in [9.17, 15) is 35.5 Å². The molecule has 0 aliphatic rings. The van der Waals surface area contributed by atoms with Crippen molar-refractivity contribution in [3.05, 3.63) is 66.1 Å². The molecule has 0 saturated carbocycles. The maximum Gasteiger partial charge on any atom is 0.573 e. The molecule has 0 aliphatic heterocycles. The fourth-order valence-electron chi connectivity index (χ4n) is 2.64. The van der Waals surface area contributed by atoms with Crippen LogP contribution in [0.3, 0.4) is 0 Å². The van der Waals surface area contributed by atoms with Crippen LogP contribution in [-0.2, 0) is 11.0 Å². The molecule has 1 amide bonds. The van der Waals surface area contributed by atoms with Crippen LogP contribution in [0.2, 0.25) is 0 Å². The highest BCUT2D eigenvalue weighted by Gasteiger charge is 2.34. The molecule has 0 saturated heterocycles. The van der Waals surface area contributed by atoms with Gasteiger partial charge in [0.1, 0.15) is 17.3 Å². The third kappa shape index (κ3) is 6.83. The summed E-state index contributed by atoms with van der Waals surface area (Å²) in [6, 6.07) is 9.86. The van der Waals surface area contributed by atoms with Crippen molar-refractivity contribution in [2.45, 2.75) is 17.7 Å². The molecule has 0 unspecified atom stereocenters. The van der Waals surface area contributed by atoms with Crippen LogP contribution >= 0.6 is 11.8 Å². The Hall–Kier alpha value is -3.35. The molecule has 34 heavy (non-hydrogen) atoms. The lowest BCUT2D eigenvalue weighted by Gasteiger charge is -2.18. The summed E-state index contributed by atoms with van der Waals surface area (Å²) in [5.41, 5.74) is -0.880. The number of anilines is 1. The summed E-state index contributed by atoms with van der Waals surface area (Å²) in [4.78, 5) is 21.1. The summed E-state index contributed by atoms with van der Waals surface area (Å²) in [5, 5.41) is -0.329. The predicted octanol–water partition coefficient (Wildman–Crippen LogP) is 5.96. The molecule has 180 valence electrons. The molecule has 3 rings (SSSR count). The number of halogens is 7. The molecular weight excluding hydrogens is 491 g/mol. The third-order valence-electron chi connectivity index (χ3n) is 4.29. The zero-order valence-corrected chi connectivity index (χ0v) is 17.9. The highest BCUT2D eigenvalue weighted by molar-refractivity contribution is 7.99. The molecular formula is C21H14F7N3O2S. The van der Waals surface area contributed by atoms with Gasteiger partial charge in [0, 0.05) is 18.3 Å². The Labute approximate surface area is 192 Å². The molecule has 13 heteroatoms. The van der Waals surface area contributed by atoms with Crippen molar-refractivity contribution < 1.29 is 40.3 Å². The number of nitrogens with zero attached hydrogens (tertiary/aromatic N) is 3. The van der Waals surface area contributed by atoms with E-state index < -0.39 is 35.7 Å². The van der Waals surface area contributed by atoms with E-state index in [0.717, 1.165) is 35.2 Å². The Morgan fingerprint density at radius 2 is 1.59 bits per heavy atom. The lowest BCUT2D eigenvalue weighted by Crippen LogP contribution is -2.28. The number of amides is 1. The second-order valence-electron chi connectivity index (χ2n) is 6.71. The quantitative estimate of drug-likeness (QED) is 0.235. The van der Waals surface area contributed by atoms with E-state index in [4.69, 9.17) is 0 Å². The number of carbonyl (C=O) groups excluding carboxylic acids is 1. The number of benzene rings is 2. The van der Waals surface area contributed by atoms with Gasteiger partial charge in [-0.15, -0.1) is 13.2 Å². The van der Waals surface area contributed by atoms with Gasteiger partial charge in [0.05, 0.1) is 11.4 Å². The Morgan fingerprint density at radius 1 is 0.971 bits per heavy atom. The number of ether oxygens (including phenoxy) is 1. The van der Waals surface area contributed by atoms with Crippen molar-refractivity contribution in [3.63, 3.8) is 0 Å². The molecule has 0 aliphatic carbocycles. The van der Waals surface area contributed by atoms with E-state index in [2.05, 4.69) is 14.7 Å². The summed E-state index contributed by atoms with van der Waals surface area (Å²) >= 11 is 0.644. The van der Waals surface area contributed by atoms with E-state index in [0.29, 0.717) is 11.8 Å². The van der Waals surface area contributed by atoms with Crippen LogP contribution in [0.4, 0.5) is 36.4 Å². The number of alkyl halides is 6. The maximum atomic E-state index is 13.3. The van der Waals surface area contributed by atoms with Crippen molar-refractivity contribution >= 4 is 23.4 Å². The largest absolute Gasteiger partial charge is 0.573 e. The number of hydrogen-bond acceptors (Lipinski definition) is 5. The third-order valence-corrected chi connectivity index (χ3v) is 5.12. The number of rotatable bonds is 6. The van der Waals surface area contributed by atoms with Gasteiger partial charge in [0.15, 0.2) is 5.16 Å². The maximum absolute atomic E-state index is 13.3. The molecule has 3 aromatic rings. The summed E-state index contributed by atoms with van der Waals surface area (Å²) in [5.74, 6) is -1.98. The van der Waals surface area contributed by atoms with Crippen LogP contribution in [0.1, 0.15) is 5.69 Å². The summed E-state index contributed by atoms with van der Waals surface area (Å²) in [7, 11) is 1.35. The minimum atomic E-state index is -4.86. The van der Waals surface area contributed by atoms with Gasteiger partial charge in [0.25, 0.3) is 0 Å². The lowest BCUT2D eigenvalue weighted by atomic mass is 10.1. The van der Waals surface area contributed by atoms with E-state index in [-0.39, 0.29) is 27.9 Å². The highest BCUT2D eigenvalue weighted by atomic mass is 32.2. The van der Waals surface area contributed by atoms with Crippen molar-refractivity contribution in [1.82, 2.24) is 9.97 Å². The standard InChI is InChI=1S/C21H14F7N3O2S/c1-31(14-6-8-15(9-7-14)33-21(26,27)28)18(32)11-34-19-29-16(10-17(30-19)20(23,24)25)12-2-4-13(22)5-3-12/h2-10H,11H2,1H3. The number of carbonyl (C=O) groups is 1. The first-order chi connectivity index (χ1) is 15.8. The smallest absolute Gasteiger partial charge is 0.406 e. The van der Waals surface area contributed by atoms with Gasteiger partial charge in [-0.2, -0.15) is 13.2 Å². The molecule has 0 fully saturated rings. The van der Waals surface area contributed by atoms with E-state index in [1.54, 1.807) is 0 Å². The molecule has 1 heterocycles. The minimum Gasteiger partial charge on any atom is -0.406 e. The van der Waals surface area contributed by atoms with Gasteiger partial charge in [0.2, 0.25) is 5.91 Å². The van der Waals surface area contributed by atoms with Gasteiger partial charge in [-0.25, -0.2) is 14.4 Å². The summed E-state index contributed by atoms with van der Waals surface area (Å²) in [6.07, 6.45) is -9.65. The molecule has 0 spiro atoms. The van der Waals surface area contributed by atoms with E-state index in [1.165, 1.54) is 31.3 Å². The summed E-state index contributed by atoms with van der Waals surface area (Å²) in [6.45, 7) is 0. The van der Waals surface area contributed by atoms with Gasteiger partial charge in [-0.3, -0.25) is 4.79 Å². The van der Waals surface area contributed by atoms with Crippen LogP contribution in [0.25, 0.3) is 11.3 Å². The van der Waals surface area contributed by atoms with Crippen molar-refractivity contribution in [1.29, 1.82) is 0 Å². The molecule has 0 bridgehead atoms. The van der Waals surface area contributed by atoms with Crippen LogP contribution < -0.4 is 9.64 Å². The minimum absolute atomic E-state index is 0.106. The van der Waals surface area contributed by atoms with E-state index in [1.807, 2.05) is 0 Å². The van der Waals surface area contributed by atoms with Crippen molar-refractivity contribution in [2.24, 2.45) is 0 Å². The normalized spacial score (nSPS) is 11.9. The molecule has 2 aromatic carbocycles. The monoisotopic (exact) mass is 505 g/mol. The molecule has 0 N–H and O–H groups in total. The Balaban J connectivity index is 1.75. The molecule has 1 aromatic heterocycles. The van der Waals surface area contributed by atoms with Gasteiger partial charge in [-0.1, -0.05) is 11.8 Å². The second-order valence-corrected chi connectivity index (χ2v) is 7.65. The van der Waals surface area contributed by atoms with Crippen molar-refractivity contribution in [3.8, 4) is 17.0 Å². The SMILES string of the molecule is CN(C(=O)CSc1nc(-c2ccc(F)cc2)cc(C(F)(F)F)n1)c1ccc(OC(F)(F)F)cc1. The molecule has 0 atom stereocenters. The second kappa shape index (κ2) is 9.87. The van der Waals surface area contributed by atoms with Crippen LogP contribution in [-0.4, -0.2) is 35.0 Å². The summed E-state index contributed by atoms with van der Waals surface area (Å²) < 4.78 is 93.6. The van der Waals surface area contributed by atoms with Gasteiger partial charge < -0.3 is 9.64 Å².